The summed E-state index contributed by atoms with van der Waals surface area (Å²) < 4.78 is 5.97. The van der Waals surface area contributed by atoms with Crippen LogP contribution in [-0.4, -0.2) is 30.8 Å². The fourth-order valence-corrected chi connectivity index (χ4v) is 4.30. The Bertz CT molecular complexity index is 597. The summed E-state index contributed by atoms with van der Waals surface area (Å²) in [5.41, 5.74) is 2.24. The van der Waals surface area contributed by atoms with Gasteiger partial charge in [-0.2, -0.15) is 0 Å². The van der Waals surface area contributed by atoms with Crippen molar-refractivity contribution >= 4 is 11.7 Å². The molecule has 25 heavy (non-hydrogen) atoms. The zero-order valence-corrected chi connectivity index (χ0v) is 15.8. The van der Waals surface area contributed by atoms with Gasteiger partial charge < -0.3 is 20.7 Å². The van der Waals surface area contributed by atoms with Crippen LogP contribution >= 0.6 is 0 Å². The van der Waals surface area contributed by atoms with Gasteiger partial charge in [0.2, 0.25) is 0 Å². The van der Waals surface area contributed by atoms with Crippen molar-refractivity contribution in [1.29, 1.82) is 0 Å². The van der Waals surface area contributed by atoms with Crippen molar-refractivity contribution in [2.75, 3.05) is 11.9 Å². The summed E-state index contributed by atoms with van der Waals surface area (Å²) in [6.45, 7) is 10.2. The highest BCUT2D eigenvalue weighted by atomic mass is 16.5. The molecule has 2 aliphatic rings. The van der Waals surface area contributed by atoms with Gasteiger partial charge in [-0.1, -0.05) is 26.0 Å². The summed E-state index contributed by atoms with van der Waals surface area (Å²) in [4.78, 5) is 11.7. The van der Waals surface area contributed by atoms with Crippen LogP contribution in [0.15, 0.2) is 24.3 Å². The van der Waals surface area contributed by atoms with Crippen molar-refractivity contribution in [3.05, 3.63) is 29.8 Å². The van der Waals surface area contributed by atoms with Gasteiger partial charge in [0.05, 0.1) is 6.10 Å². The van der Waals surface area contributed by atoms with E-state index in [9.17, 15) is 4.79 Å². The predicted octanol–water partition coefficient (Wildman–Crippen LogP) is 3.51. The van der Waals surface area contributed by atoms with Gasteiger partial charge in [-0.25, -0.2) is 4.79 Å². The van der Waals surface area contributed by atoms with Gasteiger partial charge in [-0.15, -0.1) is 0 Å². The van der Waals surface area contributed by atoms with E-state index in [0.29, 0.717) is 18.1 Å². The Labute approximate surface area is 150 Å². The Morgan fingerprint density at radius 3 is 2.68 bits per heavy atom. The van der Waals surface area contributed by atoms with Crippen molar-refractivity contribution in [3.63, 3.8) is 0 Å². The molecule has 0 radical (unpaired) electrons. The molecule has 1 aromatic carbocycles. The Kier molecular flexibility index (Phi) is 5.35. The zero-order valence-electron chi connectivity index (χ0n) is 15.8. The molecule has 0 unspecified atom stereocenters. The van der Waals surface area contributed by atoms with Crippen LogP contribution in [0.1, 0.15) is 46.1 Å². The quantitative estimate of drug-likeness (QED) is 0.765. The summed E-state index contributed by atoms with van der Waals surface area (Å²) in [5, 5.41) is 9.40. The third kappa shape index (κ3) is 3.98. The second-order valence-corrected chi connectivity index (χ2v) is 8.23. The first-order chi connectivity index (χ1) is 11.9. The predicted molar refractivity (Wildman–Crippen MR) is 101 cm³/mol. The van der Waals surface area contributed by atoms with Crippen LogP contribution in [0, 0.1) is 11.3 Å². The lowest BCUT2D eigenvalue weighted by Gasteiger charge is -2.60. The number of anilines is 1. The number of carbonyl (C=O) groups is 1. The Morgan fingerprint density at radius 2 is 2.00 bits per heavy atom. The molecule has 1 aromatic rings. The van der Waals surface area contributed by atoms with E-state index in [1.54, 1.807) is 0 Å². The largest absolute Gasteiger partial charge is 0.377 e. The van der Waals surface area contributed by atoms with Crippen LogP contribution in [0.5, 0.6) is 0 Å². The highest BCUT2D eigenvalue weighted by Crippen LogP contribution is 2.51. The minimum atomic E-state index is -0.166. The fourth-order valence-electron chi connectivity index (χ4n) is 4.30. The monoisotopic (exact) mass is 345 g/mol. The normalized spacial score (nSPS) is 27.3. The highest BCUT2D eigenvalue weighted by Gasteiger charge is 2.57. The van der Waals surface area contributed by atoms with Crippen molar-refractivity contribution < 1.29 is 9.53 Å². The van der Waals surface area contributed by atoms with Gasteiger partial charge in [0, 0.05) is 42.3 Å². The minimum Gasteiger partial charge on any atom is -0.377 e. The standard InChI is InChI=1S/C20H31N3O2/c1-13(2)22-19(24)23-15-9-7-14(8-10-15)12-21-17-16-6-5-11-25-18(16)20(17,3)4/h7-10,13,16-18,21H,5-6,11-12H2,1-4H3,(H2,22,23,24)/t16-,17-,18+/m1/s1. The Hall–Kier alpha value is -1.59. The molecule has 1 aliphatic heterocycles. The number of ether oxygens (including phenoxy) is 1. The first-order valence-corrected chi connectivity index (χ1v) is 9.39. The van der Waals surface area contributed by atoms with E-state index in [4.69, 9.17) is 4.74 Å². The van der Waals surface area contributed by atoms with Crippen LogP contribution in [0.2, 0.25) is 0 Å². The smallest absolute Gasteiger partial charge is 0.319 e. The van der Waals surface area contributed by atoms with Crippen LogP contribution < -0.4 is 16.0 Å². The van der Waals surface area contributed by atoms with Crippen molar-refractivity contribution in [2.24, 2.45) is 11.3 Å². The number of nitrogens with one attached hydrogen (secondary N) is 3. The maximum Gasteiger partial charge on any atom is 0.319 e. The molecule has 3 atom stereocenters. The number of carbonyl (C=O) groups excluding carboxylic acids is 1. The topological polar surface area (TPSA) is 62.4 Å². The van der Waals surface area contributed by atoms with E-state index in [0.717, 1.165) is 18.8 Å². The van der Waals surface area contributed by atoms with Crippen LogP contribution in [0.25, 0.3) is 0 Å². The SMILES string of the molecule is CC(C)NC(=O)Nc1ccc(CN[C@@H]2[C@H]3CCCO[C@@H]3C2(C)C)cc1. The van der Waals surface area contributed by atoms with Gasteiger partial charge >= 0.3 is 6.03 Å². The second-order valence-electron chi connectivity index (χ2n) is 8.23. The van der Waals surface area contributed by atoms with Gasteiger partial charge in [-0.3, -0.25) is 0 Å². The number of hydrogen-bond donors (Lipinski definition) is 3. The van der Waals surface area contributed by atoms with E-state index >= 15 is 0 Å². The summed E-state index contributed by atoms with van der Waals surface area (Å²) >= 11 is 0. The van der Waals surface area contributed by atoms with Gasteiger partial charge in [0.1, 0.15) is 0 Å². The molecule has 138 valence electrons. The summed E-state index contributed by atoms with van der Waals surface area (Å²) in [6, 6.07) is 8.51. The molecule has 1 saturated heterocycles. The van der Waals surface area contributed by atoms with E-state index in [-0.39, 0.29) is 17.5 Å². The van der Waals surface area contributed by atoms with Crippen molar-refractivity contribution in [3.8, 4) is 0 Å². The molecular formula is C20H31N3O2. The number of hydrogen-bond acceptors (Lipinski definition) is 3. The number of benzene rings is 1. The van der Waals surface area contributed by atoms with E-state index in [1.807, 2.05) is 26.0 Å². The summed E-state index contributed by atoms with van der Waals surface area (Å²) in [7, 11) is 0. The number of amides is 2. The molecular weight excluding hydrogens is 314 g/mol. The first kappa shape index (κ1) is 18.2. The van der Waals surface area contributed by atoms with E-state index in [1.165, 1.54) is 18.4 Å². The first-order valence-electron chi connectivity index (χ1n) is 9.39. The lowest BCUT2D eigenvalue weighted by molar-refractivity contribution is -0.192. The maximum absolute atomic E-state index is 11.7. The third-order valence-electron chi connectivity index (χ3n) is 5.49. The van der Waals surface area contributed by atoms with Crippen LogP contribution in [0.3, 0.4) is 0 Å². The second kappa shape index (κ2) is 7.34. The zero-order chi connectivity index (χ0) is 18.0. The van der Waals surface area contributed by atoms with E-state index < -0.39 is 0 Å². The summed E-state index contributed by atoms with van der Waals surface area (Å²) in [5.74, 6) is 0.643. The molecule has 5 heteroatoms. The summed E-state index contributed by atoms with van der Waals surface area (Å²) in [6.07, 6.45) is 2.85. The average Bonchev–Trinajstić information content (AvgIpc) is 2.55. The molecule has 2 amide bonds. The molecule has 0 spiro atoms. The molecule has 1 aliphatic carbocycles. The molecule has 5 nitrogen and oxygen atoms in total. The van der Waals surface area contributed by atoms with Gasteiger partial charge in [0.25, 0.3) is 0 Å². The maximum atomic E-state index is 11.7. The Balaban J connectivity index is 1.51. The molecule has 0 aromatic heterocycles. The van der Waals surface area contributed by atoms with Crippen LogP contribution in [-0.2, 0) is 11.3 Å². The number of urea groups is 1. The number of rotatable bonds is 5. The molecule has 1 heterocycles. The van der Waals surface area contributed by atoms with Gasteiger partial charge in [-0.05, 0) is 44.4 Å². The van der Waals surface area contributed by atoms with Crippen molar-refractivity contribution in [1.82, 2.24) is 10.6 Å². The van der Waals surface area contributed by atoms with E-state index in [2.05, 4.69) is 41.9 Å². The molecule has 3 rings (SSSR count). The van der Waals surface area contributed by atoms with Gasteiger partial charge in [0.15, 0.2) is 0 Å². The van der Waals surface area contributed by atoms with Crippen molar-refractivity contribution in [2.45, 2.75) is 65.3 Å². The molecule has 1 saturated carbocycles. The fraction of sp³-hybridized carbons (Fsp3) is 0.650. The van der Waals surface area contributed by atoms with Crippen LogP contribution in [0.4, 0.5) is 10.5 Å². The average molecular weight is 345 g/mol. The highest BCUT2D eigenvalue weighted by molar-refractivity contribution is 5.89. The number of fused-ring (bicyclic) bond motifs is 1. The minimum absolute atomic E-state index is 0.127. The molecule has 2 fully saturated rings. The third-order valence-corrected chi connectivity index (χ3v) is 5.49. The molecule has 3 N–H and O–H groups in total. The lowest BCUT2D eigenvalue weighted by atomic mass is 9.55. The lowest BCUT2D eigenvalue weighted by Crippen LogP contribution is -2.69. The molecule has 0 bridgehead atoms. The Morgan fingerprint density at radius 1 is 1.28 bits per heavy atom.